The second-order valence-electron chi connectivity index (χ2n) is 2.82. The molecule has 0 atom stereocenters. The first-order valence-corrected chi connectivity index (χ1v) is 4.68. The molecule has 1 heterocycles. The van der Waals surface area contributed by atoms with Gasteiger partial charge in [-0.05, 0) is 20.5 Å². The van der Waals surface area contributed by atoms with E-state index in [-0.39, 0.29) is 0 Å². The minimum atomic E-state index is 0.963. The van der Waals surface area contributed by atoms with Crippen molar-refractivity contribution < 1.29 is 0 Å². The average molecular weight is 170 g/mol. The van der Waals surface area contributed by atoms with Gasteiger partial charge in [0.15, 0.2) is 0 Å². The van der Waals surface area contributed by atoms with Gasteiger partial charge in [0.05, 0.1) is 5.69 Å². The van der Waals surface area contributed by atoms with E-state index in [1.54, 1.807) is 11.3 Å². The Morgan fingerprint density at radius 3 is 2.73 bits per heavy atom. The zero-order valence-corrected chi connectivity index (χ0v) is 8.11. The van der Waals surface area contributed by atoms with Crippen molar-refractivity contribution >= 4 is 11.3 Å². The fraction of sp³-hybridized carbons (Fsp3) is 0.625. The third-order valence-electron chi connectivity index (χ3n) is 1.41. The quantitative estimate of drug-likeness (QED) is 0.687. The van der Waals surface area contributed by atoms with E-state index < -0.39 is 0 Å². The van der Waals surface area contributed by atoms with Crippen molar-refractivity contribution in [3.63, 3.8) is 0 Å². The van der Waals surface area contributed by atoms with Gasteiger partial charge in [0.25, 0.3) is 0 Å². The fourth-order valence-electron chi connectivity index (χ4n) is 0.854. The molecular weight excluding hydrogens is 156 g/mol. The number of aromatic nitrogens is 1. The number of hydrogen-bond acceptors (Lipinski definition) is 3. The summed E-state index contributed by atoms with van der Waals surface area (Å²) in [7, 11) is 4.13. The molecule has 0 bridgehead atoms. The average Bonchev–Trinajstić information content (AvgIpc) is 2.34. The first-order valence-electron chi connectivity index (χ1n) is 3.80. The summed E-state index contributed by atoms with van der Waals surface area (Å²) in [4.78, 5) is 6.58. The summed E-state index contributed by atoms with van der Waals surface area (Å²) in [6, 6.07) is 0. The normalized spacial score (nSPS) is 10.9. The highest BCUT2D eigenvalue weighted by Crippen LogP contribution is 2.10. The molecule has 11 heavy (non-hydrogen) atoms. The standard InChI is InChI=1S/C8H14N2S/c1-4-7-6-11-8(9-7)5-10(2)3/h6H,4-5H2,1-3H3. The number of hydrogen-bond donors (Lipinski definition) is 0. The van der Waals surface area contributed by atoms with E-state index in [0.29, 0.717) is 0 Å². The van der Waals surface area contributed by atoms with Gasteiger partial charge >= 0.3 is 0 Å². The lowest BCUT2D eigenvalue weighted by Crippen LogP contribution is -2.10. The largest absolute Gasteiger partial charge is 0.303 e. The summed E-state index contributed by atoms with van der Waals surface area (Å²) in [5.41, 5.74) is 1.21. The highest BCUT2D eigenvalue weighted by Gasteiger charge is 2.00. The molecule has 0 spiro atoms. The van der Waals surface area contributed by atoms with Crippen LogP contribution in [0.4, 0.5) is 0 Å². The summed E-state index contributed by atoms with van der Waals surface area (Å²) in [6.07, 6.45) is 1.05. The first-order chi connectivity index (χ1) is 5.22. The van der Waals surface area contributed by atoms with Crippen LogP contribution in [0.2, 0.25) is 0 Å². The molecule has 0 saturated carbocycles. The van der Waals surface area contributed by atoms with Gasteiger partial charge in [0, 0.05) is 11.9 Å². The van der Waals surface area contributed by atoms with Crippen LogP contribution in [0.15, 0.2) is 5.38 Å². The molecular formula is C8H14N2S. The monoisotopic (exact) mass is 170 g/mol. The predicted octanol–water partition coefficient (Wildman–Crippen LogP) is 1.77. The van der Waals surface area contributed by atoms with E-state index in [1.807, 2.05) is 0 Å². The highest BCUT2D eigenvalue weighted by atomic mass is 32.1. The Morgan fingerprint density at radius 2 is 2.27 bits per heavy atom. The van der Waals surface area contributed by atoms with E-state index in [0.717, 1.165) is 13.0 Å². The lowest BCUT2D eigenvalue weighted by atomic mass is 10.4. The van der Waals surface area contributed by atoms with Gasteiger partial charge in [-0.15, -0.1) is 11.3 Å². The Hall–Kier alpha value is -0.410. The van der Waals surface area contributed by atoms with Gasteiger partial charge in [-0.2, -0.15) is 0 Å². The van der Waals surface area contributed by atoms with Crippen LogP contribution in [0.1, 0.15) is 17.6 Å². The molecule has 0 unspecified atom stereocenters. The number of nitrogens with zero attached hydrogens (tertiary/aromatic N) is 2. The maximum absolute atomic E-state index is 4.45. The summed E-state index contributed by atoms with van der Waals surface area (Å²) >= 11 is 1.75. The van der Waals surface area contributed by atoms with Crippen molar-refractivity contribution in [2.75, 3.05) is 14.1 Å². The Labute approximate surface area is 71.9 Å². The Balaban J connectivity index is 2.58. The maximum atomic E-state index is 4.45. The minimum Gasteiger partial charge on any atom is -0.303 e. The van der Waals surface area contributed by atoms with Crippen LogP contribution < -0.4 is 0 Å². The Bertz CT molecular complexity index is 218. The second-order valence-corrected chi connectivity index (χ2v) is 3.77. The number of aryl methyl sites for hydroxylation is 1. The van der Waals surface area contributed by atoms with Crippen LogP contribution in [0.25, 0.3) is 0 Å². The molecule has 0 aromatic carbocycles. The van der Waals surface area contributed by atoms with E-state index in [2.05, 4.69) is 36.3 Å². The van der Waals surface area contributed by atoms with Crippen molar-refractivity contribution in [2.45, 2.75) is 19.9 Å². The molecule has 0 radical (unpaired) electrons. The van der Waals surface area contributed by atoms with Crippen molar-refractivity contribution in [1.82, 2.24) is 9.88 Å². The third kappa shape index (κ3) is 2.60. The van der Waals surface area contributed by atoms with Gasteiger partial charge in [0.1, 0.15) is 5.01 Å². The van der Waals surface area contributed by atoms with E-state index in [9.17, 15) is 0 Å². The van der Waals surface area contributed by atoms with Crippen molar-refractivity contribution in [1.29, 1.82) is 0 Å². The van der Waals surface area contributed by atoms with Crippen molar-refractivity contribution in [2.24, 2.45) is 0 Å². The molecule has 0 amide bonds. The summed E-state index contributed by atoms with van der Waals surface area (Å²) in [5.74, 6) is 0. The van der Waals surface area contributed by atoms with E-state index in [4.69, 9.17) is 0 Å². The highest BCUT2D eigenvalue weighted by molar-refractivity contribution is 7.09. The number of rotatable bonds is 3. The smallest absolute Gasteiger partial charge is 0.107 e. The molecule has 1 aromatic heterocycles. The lowest BCUT2D eigenvalue weighted by Gasteiger charge is -2.04. The van der Waals surface area contributed by atoms with Crippen LogP contribution in [-0.4, -0.2) is 24.0 Å². The molecule has 0 N–H and O–H groups in total. The van der Waals surface area contributed by atoms with E-state index in [1.165, 1.54) is 10.7 Å². The van der Waals surface area contributed by atoms with Crippen molar-refractivity contribution in [3.05, 3.63) is 16.1 Å². The predicted molar refractivity (Wildman–Crippen MR) is 48.9 cm³/mol. The minimum absolute atomic E-state index is 0.963. The molecule has 0 saturated heterocycles. The molecule has 2 nitrogen and oxygen atoms in total. The summed E-state index contributed by atoms with van der Waals surface area (Å²) in [6.45, 7) is 3.10. The maximum Gasteiger partial charge on any atom is 0.107 e. The van der Waals surface area contributed by atoms with Crippen LogP contribution in [0, 0.1) is 0 Å². The molecule has 0 fully saturated rings. The molecule has 0 aliphatic heterocycles. The van der Waals surface area contributed by atoms with Crippen molar-refractivity contribution in [3.8, 4) is 0 Å². The van der Waals surface area contributed by atoms with Gasteiger partial charge < -0.3 is 4.90 Å². The van der Waals surface area contributed by atoms with Crippen LogP contribution in [0.3, 0.4) is 0 Å². The molecule has 1 aromatic rings. The lowest BCUT2D eigenvalue weighted by molar-refractivity contribution is 0.401. The fourth-order valence-corrected chi connectivity index (χ4v) is 1.85. The summed E-state index contributed by atoms with van der Waals surface area (Å²) in [5, 5.41) is 3.35. The number of thiazole rings is 1. The Morgan fingerprint density at radius 1 is 1.55 bits per heavy atom. The molecule has 3 heteroatoms. The first kappa shape index (κ1) is 8.68. The summed E-state index contributed by atoms with van der Waals surface area (Å²) < 4.78 is 0. The van der Waals surface area contributed by atoms with E-state index >= 15 is 0 Å². The Kier molecular flexibility index (Phi) is 3.02. The SMILES string of the molecule is CCc1csc(CN(C)C)n1. The van der Waals surface area contributed by atoms with Gasteiger partial charge in [-0.3, -0.25) is 0 Å². The van der Waals surface area contributed by atoms with Gasteiger partial charge in [-0.25, -0.2) is 4.98 Å². The molecule has 62 valence electrons. The van der Waals surface area contributed by atoms with Crippen LogP contribution in [-0.2, 0) is 13.0 Å². The zero-order valence-electron chi connectivity index (χ0n) is 7.29. The van der Waals surface area contributed by atoms with Crippen LogP contribution in [0.5, 0.6) is 0 Å². The molecule has 0 aliphatic carbocycles. The van der Waals surface area contributed by atoms with Gasteiger partial charge in [0.2, 0.25) is 0 Å². The molecule has 1 rings (SSSR count). The molecule has 0 aliphatic rings. The van der Waals surface area contributed by atoms with Gasteiger partial charge in [-0.1, -0.05) is 6.92 Å². The van der Waals surface area contributed by atoms with Crippen LogP contribution >= 0.6 is 11.3 Å². The third-order valence-corrected chi connectivity index (χ3v) is 2.30. The zero-order chi connectivity index (χ0) is 8.27. The second kappa shape index (κ2) is 3.83. The topological polar surface area (TPSA) is 16.1 Å².